The predicted molar refractivity (Wildman–Crippen MR) is 83.3 cm³/mol. The molecule has 0 saturated carbocycles. The normalized spacial score (nSPS) is 10.3. The number of amides is 1. The molecule has 0 aliphatic carbocycles. The molecule has 0 heterocycles. The van der Waals surface area contributed by atoms with Gasteiger partial charge in [0, 0.05) is 15.1 Å². The van der Waals surface area contributed by atoms with E-state index in [1.807, 2.05) is 19.1 Å². The van der Waals surface area contributed by atoms with Crippen LogP contribution in [0, 0.1) is 6.92 Å². The van der Waals surface area contributed by atoms with Crippen LogP contribution in [0.2, 0.25) is 10.0 Å². The molecule has 2 rings (SSSR count). The van der Waals surface area contributed by atoms with Crippen molar-refractivity contribution in [3.8, 4) is 0 Å². The van der Waals surface area contributed by atoms with Gasteiger partial charge in [-0.05, 0) is 48.9 Å². The first-order valence-corrected chi connectivity index (χ1v) is 7.04. The van der Waals surface area contributed by atoms with Crippen LogP contribution in [0.3, 0.4) is 0 Å². The lowest BCUT2D eigenvalue weighted by Gasteiger charge is -2.08. The predicted octanol–water partition coefficient (Wildman–Crippen LogP) is 5.32. The molecule has 1 N–H and O–H groups in total. The summed E-state index contributed by atoms with van der Waals surface area (Å²) in [7, 11) is 0. The molecule has 2 aromatic carbocycles. The van der Waals surface area contributed by atoms with E-state index in [0.29, 0.717) is 21.3 Å². The van der Waals surface area contributed by atoms with Crippen molar-refractivity contribution in [2.75, 3.05) is 5.32 Å². The summed E-state index contributed by atoms with van der Waals surface area (Å²) < 4.78 is 0.861. The van der Waals surface area contributed by atoms with E-state index in [9.17, 15) is 4.79 Å². The van der Waals surface area contributed by atoms with E-state index in [4.69, 9.17) is 23.2 Å². The number of benzene rings is 2. The SMILES string of the molecule is Cc1cc(Br)cc(C(=O)Nc2ccc(Cl)cc2Cl)c1. The Balaban J connectivity index is 2.25. The molecule has 0 fully saturated rings. The van der Waals surface area contributed by atoms with E-state index in [0.717, 1.165) is 10.0 Å². The second kappa shape index (κ2) is 5.95. The van der Waals surface area contributed by atoms with Crippen molar-refractivity contribution in [1.82, 2.24) is 0 Å². The van der Waals surface area contributed by atoms with Crippen LogP contribution < -0.4 is 5.32 Å². The van der Waals surface area contributed by atoms with Gasteiger partial charge in [0.05, 0.1) is 10.7 Å². The lowest BCUT2D eigenvalue weighted by atomic mass is 10.1. The van der Waals surface area contributed by atoms with Crippen LogP contribution in [-0.2, 0) is 0 Å². The second-order valence-corrected chi connectivity index (χ2v) is 5.85. The number of nitrogens with one attached hydrogen (secondary N) is 1. The Kier molecular flexibility index (Phi) is 4.50. The van der Waals surface area contributed by atoms with Gasteiger partial charge in [-0.3, -0.25) is 4.79 Å². The molecule has 2 aromatic rings. The summed E-state index contributed by atoms with van der Waals surface area (Å²) >= 11 is 15.2. The van der Waals surface area contributed by atoms with Gasteiger partial charge in [-0.25, -0.2) is 0 Å². The van der Waals surface area contributed by atoms with Crippen molar-refractivity contribution in [2.24, 2.45) is 0 Å². The highest BCUT2D eigenvalue weighted by atomic mass is 79.9. The lowest BCUT2D eigenvalue weighted by molar-refractivity contribution is 0.102. The fourth-order valence-electron chi connectivity index (χ4n) is 1.65. The Morgan fingerprint density at radius 1 is 1.16 bits per heavy atom. The number of aryl methyl sites for hydroxylation is 1. The van der Waals surface area contributed by atoms with E-state index >= 15 is 0 Å². The molecule has 0 radical (unpaired) electrons. The summed E-state index contributed by atoms with van der Waals surface area (Å²) in [6.45, 7) is 1.93. The molecule has 0 aromatic heterocycles. The first-order valence-electron chi connectivity index (χ1n) is 5.49. The maximum Gasteiger partial charge on any atom is 0.255 e. The summed E-state index contributed by atoms with van der Waals surface area (Å²) in [6.07, 6.45) is 0. The smallest absolute Gasteiger partial charge is 0.255 e. The van der Waals surface area contributed by atoms with E-state index in [1.165, 1.54) is 0 Å². The highest BCUT2D eigenvalue weighted by Crippen LogP contribution is 2.26. The van der Waals surface area contributed by atoms with Crippen LogP contribution in [0.1, 0.15) is 15.9 Å². The van der Waals surface area contributed by atoms with Crippen LogP contribution >= 0.6 is 39.1 Å². The number of halogens is 3. The van der Waals surface area contributed by atoms with Gasteiger partial charge in [0.2, 0.25) is 0 Å². The average Bonchev–Trinajstić information content (AvgIpc) is 2.31. The molecule has 2 nitrogen and oxygen atoms in total. The molecule has 0 unspecified atom stereocenters. The van der Waals surface area contributed by atoms with Gasteiger partial charge in [0.1, 0.15) is 0 Å². The third kappa shape index (κ3) is 3.72. The fraction of sp³-hybridized carbons (Fsp3) is 0.0714. The Bertz CT molecular complexity index is 623. The molecule has 5 heteroatoms. The zero-order chi connectivity index (χ0) is 14.0. The Labute approximate surface area is 129 Å². The molecule has 98 valence electrons. The van der Waals surface area contributed by atoms with Gasteiger partial charge < -0.3 is 5.32 Å². The zero-order valence-electron chi connectivity index (χ0n) is 10.0. The van der Waals surface area contributed by atoms with E-state index in [-0.39, 0.29) is 5.91 Å². The minimum atomic E-state index is -0.214. The van der Waals surface area contributed by atoms with Crippen molar-refractivity contribution in [3.63, 3.8) is 0 Å². The van der Waals surface area contributed by atoms with Crippen molar-refractivity contribution in [3.05, 3.63) is 62.0 Å². The van der Waals surface area contributed by atoms with Gasteiger partial charge in [-0.2, -0.15) is 0 Å². The first-order chi connectivity index (χ1) is 8.95. The molecular weight excluding hydrogens is 349 g/mol. The van der Waals surface area contributed by atoms with Gasteiger partial charge in [-0.1, -0.05) is 39.1 Å². The summed E-state index contributed by atoms with van der Waals surface area (Å²) in [5.41, 5.74) is 2.10. The van der Waals surface area contributed by atoms with Gasteiger partial charge >= 0.3 is 0 Å². The molecule has 0 spiro atoms. The third-order valence-electron chi connectivity index (χ3n) is 2.48. The average molecular weight is 359 g/mol. The monoisotopic (exact) mass is 357 g/mol. The van der Waals surface area contributed by atoms with E-state index < -0.39 is 0 Å². The Morgan fingerprint density at radius 3 is 2.53 bits per heavy atom. The molecule has 0 saturated heterocycles. The molecule has 0 atom stereocenters. The summed E-state index contributed by atoms with van der Waals surface area (Å²) in [4.78, 5) is 12.1. The first kappa shape index (κ1) is 14.4. The van der Waals surface area contributed by atoms with Crippen molar-refractivity contribution >= 4 is 50.7 Å². The van der Waals surface area contributed by atoms with Crippen LogP contribution in [0.25, 0.3) is 0 Å². The molecule has 0 aliphatic rings. The number of carbonyl (C=O) groups excluding carboxylic acids is 1. The Hall–Kier alpha value is -1.03. The lowest BCUT2D eigenvalue weighted by Crippen LogP contribution is -2.12. The minimum Gasteiger partial charge on any atom is -0.321 e. The van der Waals surface area contributed by atoms with Crippen LogP contribution in [0.4, 0.5) is 5.69 Å². The van der Waals surface area contributed by atoms with Crippen molar-refractivity contribution in [2.45, 2.75) is 6.92 Å². The number of hydrogen-bond acceptors (Lipinski definition) is 1. The van der Waals surface area contributed by atoms with E-state index in [2.05, 4.69) is 21.2 Å². The van der Waals surface area contributed by atoms with Crippen molar-refractivity contribution < 1.29 is 4.79 Å². The van der Waals surface area contributed by atoms with Crippen LogP contribution in [-0.4, -0.2) is 5.91 Å². The number of rotatable bonds is 2. The highest BCUT2D eigenvalue weighted by molar-refractivity contribution is 9.10. The van der Waals surface area contributed by atoms with Crippen LogP contribution in [0.15, 0.2) is 40.9 Å². The standard InChI is InChI=1S/C14H10BrCl2NO/c1-8-4-9(6-10(15)5-8)14(19)18-13-3-2-11(16)7-12(13)17/h2-7H,1H3,(H,18,19). The molecular formula is C14H10BrCl2NO. The maximum atomic E-state index is 12.1. The fourth-order valence-corrected chi connectivity index (χ4v) is 2.72. The largest absolute Gasteiger partial charge is 0.321 e. The van der Waals surface area contributed by atoms with Gasteiger partial charge in [0.15, 0.2) is 0 Å². The number of hydrogen-bond donors (Lipinski definition) is 1. The van der Waals surface area contributed by atoms with Gasteiger partial charge in [-0.15, -0.1) is 0 Å². The molecule has 19 heavy (non-hydrogen) atoms. The summed E-state index contributed by atoms with van der Waals surface area (Å²) in [5, 5.41) is 3.70. The number of carbonyl (C=O) groups is 1. The minimum absolute atomic E-state index is 0.214. The van der Waals surface area contributed by atoms with Gasteiger partial charge in [0.25, 0.3) is 5.91 Å². The molecule has 0 bridgehead atoms. The zero-order valence-corrected chi connectivity index (χ0v) is 13.1. The quantitative estimate of drug-likeness (QED) is 0.773. The number of anilines is 1. The van der Waals surface area contributed by atoms with Crippen molar-refractivity contribution in [1.29, 1.82) is 0 Å². The highest BCUT2D eigenvalue weighted by Gasteiger charge is 2.10. The summed E-state index contributed by atoms with van der Waals surface area (Å²) in [5.74, 6) is -0.214. The third-order valence-corrected chi connectivity index (χ3v) is 3.49. The Morgan fingerprint density at radius 2 is 1.89 bits per heavy atom. The maximum absolute atomic E-state index is 12.1. The molecule has 0 aliphatic heterocycles. The summed E-state index contributed by atoms with van der Waals surface area (Å²) in [6, 6.07) is 10.4. The molecule has 1 amide bonds. The second-order valence-electron chi connectivity index (χ2n) is 4.10. The topological polar surface area (TPSA) is 29.1 Å². The van der Waals surface area contributed by atoms with Crippen LogP contribution in [0.5, 0.6) is 0 Å². The van der Waals surface area contributed by atoms with E-state index in [1.54, 1.807) is 24.3 Å².